The van der Waals surface area contributed by atoms with Crippen molar-refractivity contribution in [1.82, 2.24) is 4.98 Å². The lowest BCUT2D eigenvalue weighted by Gasteiger charge is -2.02. The number of fused-ring (bicyclic) bond motifs is 1. The number of para-hydroxylation sites is 1. The number of benzene rings is 1. The van der Waals surface area contributed by atoms with E-state index in [0.717, 1.165) is 16.5 Å². The molecule has 0 aliphatic rings. The number of hydrogen-bond donors (Lipinski definition) is 1. The molecule has 0 radical (unpaired) electrons. The molecule has 0 unspecified atom stereocenters. The molecule has 0 bridgehead atoms. The van der Waals surface area contributed by atoms with Gasteiger partial charge in [0, 0.05) is 11.6 Å². The van der Waals surface area contributed by atoms with Gasteiger partial charge in [0.05, 0.1) is 17.9 Å². The van der Waals surface area contributed by atoms with Gasteiger partial charge in [-0.1, -0.05) is 24.3 Å². The Balaban J connectivity index is 2.47. The van der Waals surface area contributed by atoms with Crippen LogP contribution in [-0.2, 0) is 6.54 Å². The summed E-state index contributed by atoms with van der Waals surface area (Å²) in [6.45, 7) is 2.38. The van der Waals surface area contributed by atoms with Crippen molar-refractivity contribution >= 4 is 16.7 Å². The number of aliphatic imine (C=N–C) groups is 1. The SMILES string of the molecule is CC(N)=NCc1cccc2cccnc12. The van der Waals surface area contributed by atoms with Crippen LogP contribution in [0.15, 0.2) is 41.5 Å². The fraction of sp³-hybridized carbons (Fsp3) is 0.167. The maximum atomic E-state index is 5.51. The summed E-state index contributed by atoms with van der Waals surface area (Å²) in [5.41, 5.74) is 7.63. The van der Waals surface area contributed by atoms with E-state index < -0.39 is 0 Å². The van der Waals surface area contributed by atoms with Gasteiger partial charge in [0.1, 0.15) is 0 Å². The molecule has 3 heteroatoms. The fourth-order valence-electron chi connectivity index (χ4n) is 1.50. The van der Waals surface area contributed by atoms with Gasteiger partial charge < -0.3 is 5.73 Å². The quantitative estimate of drug-likeness (QED) is 0.595. The minimum absolute atomic E-state index is 0.594. The molecule has 0 aliphatic carbocycles. The highest BCUT2D eigenvalue weighted by molar-refractivity contribution is 5.82. The van der Waals surface area contributed by atoms with Crippen LogP contribution in [0, 0.1) is 0 Å². The Morgan fingerprint density at radius 1 is 1.33 bits per heavy atom. The summed E-state index contributed by atoms with van der Waals surface area (Å²) in [6.07, 6.45) is 1.80. The van der Waals surface area contributed by atoms with E-state index in [4.69, 9.17) is 5.73 Å². The van der Waals surface area contributed by atoms with Crippen molar-refractivity contribution in [1.29, 1.82) is 0 Å². The molecule has 3 nitrogen and oxygen atoms in total. The van der Waals surface area contributed by atoms with Crippen molar-refractivity contribution in [3.8, 4) is 0 Å². The van der Waals surface area contributed by atoms with Gasteiger partial charge in [-0.25, -0.2) is 0 Å². The van der Waals surface area contributed by atoms with Crippen molar-refractivity contribution in [2.45, 2.75) is 13.5 Å². The predicted molar refractivity (Wildman–Crippen MR) is 62.7 cm³/mol. The summed E-state index contributed by atoms with van der Waals surface area (Å²) in [4.78, 5) is 8.55. The van der Waals surface area contributed by atoms with Crippen LogP contribution in [-0.4, -0.2) is 10.8 Å². The van der Waals surface area contributed by atoms with Gasteiger partial charge >= 0.3 is 0 Å². The number of nitrogens with two attached hydrogens (primary N) is 1. The highest BCUT2D eigenvalue weighted by Crippen LogP contribution is 2.16. The van der Waals surface area contributed by atoms with Crippen LogP contribution >= 0.6 is 0 Å². The smallest absolute Gasteiger partial charge is 0.0909 e. The molecule has 2 rings (SSSR count). The van der Waals surface area contributed by atoms with Gasteiger partial charge in [0.2, 0.25) is 0 Å². The lowest BCUT2D eigenvalue weighted by molar-refractivity contribution is 1.06. The van der Waals surface area contributed by atoms with E-state index in [1.165, 1.54) is 0 Å². The Labute approximate surface area is 88.7 Å². The molecule has 2 N–H and O–H groups in total. The van der Waals surface area contributed by atoms with Crippen LogP contribution < -0.4 is 5.73 Å². The fourth-order valence-corrected chi connectivity index (χ4v) is 1.50. The van der Waals surface area contributed by atoms with Gasteiger partial charge in [0.25, 0.3) is 0 Å². The van der Waals surface area contributed by atoms with Crippen LogP contribution in [0.4, 0.5) is 0 Å². The topological polar surface area (TPSA) is 51.3 Å². The number of rotatable bonds is 2. The first-order valence-electron chi connectivity index (χ1n) is 4.86. The van der Waals surface area contributed by atoms with Crippen molar-refractivity contribution in [2.24, 2.45) is 10.7 Å². The molecule has 0 aliphatic heterocycles. The molecule has 0 saturated carbocycles. The Morgan fingerprint density at radius 3 is 2.93 bits per heavy atom. The third-order valence-electron chi connectivity index (χ3n) is 2.22. The molecule has 2 aromatic rings. The largest absolute Gasteiger partial charge is 0.388 e. The maximum Gasteiger partial charge on any atom is 0.0909 e. The zero-order valence-electron chi connectivity index (χ0n) is 8.64. The third kappa shape index (κ3) is 2.13. The van der Waals surface area contributed by atoms with Crippen molar-refractivity contribution in [3.05, 3.63) is 42.1 Å². The molecule has 0 spiro atoms. The second kappa shape index (κ2) is 4.09. The van der Waals surface area contributed by atoms with E-state index >= 15 is 0 Å². The minimum Gasteiger partial charge on any atom is -0.388 e. The minimum atomic E-state index is 0.594. The zero-order valence-corrected chi connectivity index (χ0v) is 8.64. The normalized spacial score (nSPS) is 11.9. The zero-order chi connectivity index (χ0) is 10.7. The Hall–Kier alpha value is -1.90. The Kier molecular flexibility index (Phi) is 2.63. The van der Waals surface area contributed by atoms with E-state index in [1.807, 2.05) is 30.3 Å². The third-order valence-corrected chi connectivity index (χ3v) is 2.22. The second-order valence-electron chi connectivity index (χ2n) is 3.45. The molecular weight excluding hydrogens is 186 g/mol. The first kappa shape index (κ1) is 9.65. The van der Waals surface area contributed by atoms with Gasteiger partial charge in [-0.2, -0.15) is 0 Å². The van der Waals surface area contributed by atoms with Gasteiger partial charge in [-0.05, 0) is 18.6 Å². The lowest BCUT2D eigenvalue weighted by Crippen LogP contribution is -2.05. The van der Waals surface area contributed by atoms with Crippen molar-refractivity contribution < 1.29 is 0 Å². The first-order chi connectivity index (χ1) is 7.27. The predicted octanol–water partition coefficient (Wildman–Crippen LogP) is 2.11. The van der Waals surface area contributed by atoms with Crippen LogP contribution in [0.3, 0.4) is 0 Å². The molecule has 0 fully saturated rings. The highest BCUT2D eigenvalue weighted by Gasteiger charge is 1.99. The lowest BCUT2D eigenvalue weighted by atomic mass is 10.1. The van der Waals surface area contributed by atoms with Crippen molar-refractivity contribution in [2.75, 3.05) is 0 Å². The summed E-state index contributed by atoms with van der Waals surface area (Å²) in [5.74, 6) is 0.600. The summed E-state index contributed by atoms with van der Waals surface area (Å²) in [6, 6.07) is 10.1. The van der Waals surface area contributed by atoms with Gasteiger partial charge in [0.15, 0.2) is 0 Å². The van der Waals surface area contributed by atoms with Crippen LogP contribution in [0.1, 0.15) is 12.5 Å². The maximum absolute atomic E-state index is 5.51. The molecule has 0 atom stereocenters. The standard InChI is InChI=1S/C12H13N3/c1-9(13)15-8-11-5-2-4-10-6-3-7-14-12(10)11/h2-7H,8H2,1H3,(H2,13,15). The van der Waals surface area contributed by atoms with Crippen LogP contribution in [0.2, 0.25) is 0 Å². The van der Waals surface area contributed by atoms with Crippen LogP contribution in [0.25, 0.3) is 10.9 Å². The van der Waals surface area contributed by atoms with Gasteiger partial charge in [-0.3, -0.25) is 9.98 Å². The molecule has 0 amide bonds. The average Bonchev–Trinajstić information content (AvgIpc) is 2.26. The molecule has 15 heavy (non-hydrogen) atoms. The number of hydrogen-bond acceptors (Lipinski definition) is 2. The van der Waals surface area contributed by atoms with E-state index in [9.17, 15) is 0 Å². The highest BCUT2D eigenvalue weighted by atomic mass is 14.8. The average molecular weight is 199 g/mol. The van der Waals surface area contributed by atoms with Crippen LogP contribution in [0.5, 0.6) is 0 Å². The summed E-state index contributed by atoms with van der Waals surface area (Å²) < 4.78 is 0. The number of pyridine rings is 1. The first-order valence-corrected chi connectivity index (χ1v) is 4.86. The number of nitrogens with zero attached hydrogens (tertiary/aromatic N) is 2. The number of amidine groups is 1. The molecule has 1 heterocycles. The Morgan fingerprint density at radius 2 is 2.13 bits per heavy atom. The molecule has 1 aromatic carbocycles. The molecular formula is C12H13N3. The summed E-state index contributed by atoms with van der Waals surface area (Å²) in [5, 5.41) is 1.14. The molecule has 1 aromatic heterocycles. The monoisotopic (exact) mass is 199 g/mol. The summed E-state index contributed by atoms with van der Waals surface area (Å²) >= 11 is 0. The Bertz CT molecular complexity index is 494. The second-order valence-corrected chi connectivity index (χ2v) is 3.45. The van der Waals surface area contributed by atoms with E-state index in [1.54, 1.807) is 13.1 Å². The number of aromatic nitrogens is 1. The van der Waals surface area contributed by atoms with E-state index in [-0.39, 0.29) is 0 Å². The molecule has 76 valence electrons. The van der Waals surface area contributed by atoms with Crippen molar-refractivity contribution in [3.63, 3.8) is 0 Å². The van der Waals surface area contributed by atoms with E-state index in [2.05, 4.69) is 9.98 Å². The van der Waals surface area contributed by atoms with Gasteiger partial charge in [-0.15, -0.1) is 0 Å². The summed E-state index contributed by atoms with van der Waals surface area (Å²) in [7, 11) is 0. The molecule has 0 saturated heterocycles. The van der Waals surface area contributed by atoms with E-state index in [0.29, 0.717) is 12.4 Å².